The second-order valence-corrected chi connectivity index (χ2v) is 10.8. The Morgan fingerprint density at radius 2 is 1.67 bits per heavy atom. The van der Waals surface area contributed by atoms with E-state index in [0.29, 0.717) is 43.8 Å². The molecule has 3 aromatic rings. The minimum Gasteiger partial charge on any atom is -0.493 e. The fraction of sp³-hybridized carbons (Fsp3) is 0.360. The number of ether oxygens (including phenoxy) is 3. The van der Waals surface area contributed by atoms with E-state index in [1.807, 2.05) is 18.7 Å². The van der Waals surface area contributed by atoms with Crippen LogP contribution in [0.25, 0.3) is 0 Å². The first-order valence-corrected chi connectivity index (χ1v) is 13.4. The Bertz CT molecular complexity index is 1280. The van der Waals surface area contributed by atoms with Crippen molar-refractivity contribution in [3.8, 4) is 17.2 Å². The molecule has 0 N–H and O–H groups in total. The quantitative estimate of drug-likeness (QED) is 0.368. The van der Waals surface area contributed by atoms with Crippen LogP contribution in [0.5, 0.6) is 17.2 Å². The van der Waals surface area contributed by atoms with E-state index in [2.05, 4.69) is 4.98 Å². The van der Waals surface area contributed by atoms with Crippen LogP contribution in [0.1, 0.15) is 13.8 Å². The summed E-state index contributed by atoms with van der Waals surface area (Å²) in [5.74, 6) is 1.18. The van der Waals surface area contributed by atoms with Crippen molar-refractivity contribution in [2.75, 3.05) is 49.2 Å². The van der Waals surface area contributed by atoms with Gasteiger partial charge in [-0.1, -0.05) is 55.8 Å². The summed E-state index contributed by atoms with van der Waals surface area (Å²) in [4.78, 5) is 11.2. The Morgan fingerprint density at radius 3 is 2.31 bits per heavy atom. The van der Waals surface area contributed by atoms with Crippen molar-refractivity contribution in [2.24, 2.45) is 5.92 Å². The van der Waals surface area contributed by atoms with Gasteiger partial charge in [-0.05, 0) is 30.2 Å². The van der Waals surface area contributed by atoms with E-state index in [1.54, 1.807) is 54.6 Å². The van der Waals surface area contributed by atoms with Gasteiger partial charge in [0, 0.05) is 19.6 Å². The van der Waals surface area contributed by atoms with Gasteiger partial charge >= 0.3 is 0 Å². The molecule has 0 unspecified atom stereocenters. The Labute approximate surface area is 216 Å². The number of morpholine rings is 1. The molecule has 36 heavy (non-hydrogen) atoms. The predicted molar refractivity (Wildman–Crippen MR) is 139 cm³/mol. The Hall–Kier alpha value is -3.08. The highest BCUT2D eigenvalue weighted by Crippen LogP contribution is 2.42. The average Bonchev–Trinajstić information content (AvgIpc) is 2.89. The van der Waals surface area contributed by atoms with Crippen molar-refractivity contribution in [2.45, 2.75) is 18.7 Å². The fourth-order valence-corrected chi connectivity index (χ4v) is 5.53. The fourth-order valence-electron chi connectivity index (χ4n) is 3.73. The van der Waals surface area contributed by atoms with E-state index in [1.165, 1.54) is 11.4 Å². The standard InChI is InChI=1S/C25H29ClN4O5S/c1-18(2)17-30(36(31,32)19-9-5-4-6-10-19)24-22(35-21-12-8-7-11-20(21)33-3)23(26)27-25(28-24)29-13-15-34-16-14-29/h4-12,18H,13-17H2,1-3H3. The second kappa shape index (κ2) is 11.3. The number of halogens is 1. The van der Waals surface area contributed by atoms with E-state index in [4.69, 9.17) is 30.8 Å². The van der Waals surface area contributed by atoms with Gasteiger partial charge < -0.3 is 19.1 Å². The summed E-state index contributed by atoms with van der Waals surface area (Å²) in [6, 6.07) is 15.2. The number of anilines is 2. The summed E-state index contributed by atoms with van der Waals surface area (Å²) in [7, 11) is -2.49. The lowest BCUT2D eigenvalue weighted by molar-refractivity contribution is 0.122. The maximum Gasteiger partial charge on any atom is 0.265 e. The molecule has 11 heteroatoms. The molecule has 1 saturated heterocycles. The van der Waals surface area contributed by atoms with E-state index in [9.17, 15) is 8.42 Å². The topological polar surface area (TPSA) is 94.1 Å². The molecule has 1 aromatic heterocycles. The van der Waals surface area contributed by atoms with Crippen LogP contribution in [0.4, 0.5) is 11.8 Å². The monoisotopic (exact) mass is 532 g/mol. The van der Waals surface area contributed by atoms with Crippen molar-refractivity contribution in [3.63, 3.8) is 0 Å². The number of hydrogen-bond donors (Lipinski definition) is 0. The summed E-state index contributed by atoms with van der Waals surface area (Å²) in [5.41, 5.74) is 0. The first-order chi connectivity index (χ1) is 17.3. The highest BCUT2D eigenvalue weighted by atomic mass is 35.5. The van der Waals surface area contributed by atoms with Gasteiger partial charge in [0.2, 0.25) is 11.7 Å². The second-order valence-electron chi connectivity index (χ2n) is 8.56. The first kappa shape index (κ1) is 26.0. The molecule has 1 aliphatic heterocycles. The van der Waals surface area contributed by atoms with E-state index < -0.39 is 10.0 Å². The lowest BCUT2D eigenvalue weighted by atomic mass is 10.2. The van der Waals surface area contributed by atoms with Gasteiger partial charge in [0.1, 0.15) is 0 Å². The van der Waals surface area contributed by atoms with E-state index in [0.717, 1.165) is 0 Å². The van der Waals surface area contributed by atoms with Crippen molar-refractivity contribution >= 4 is 33.4 Å². The molecule has 2 aromatic carbocycles. The zero-order chi connectivity index (χ0) is 25.7. The number of benzene rings is 2. The summed E-state index contributed by atoms with van der Waals surface area (Å²) in [6.07, 6.45) is 0. The number of sulfonamides is 1. The Kier molecular flexibility index (Phi) is 8.17. The van der Waals surface area contributed by atoms with Crippen molar-refractivity contribution in [1.82, 2.24) is 9.97 Å². The first-order valence-electron chi connectivity index (χ1n) is 11.6. The molecule has 0 atom stereocenters. The number of para-hydroxylation sites is 2. The van der Waals surface area contributed by atoms with Crippen LogP contribution >= 0.6 is 11.6 Å². The number of hydrogen-bond acceptors (Lipinski definition) is 8. The molecule has 192 valence electrons. The van der Waals surface area contributed by atoms with E-state index >= 15 is 0 Å². The van der Waals surface area contributed by atoms with Crippen LogP contribution in [-0.2, 0) is 14.8 Å². The van der Waals surface area contributed by atoms with Crippen LogP contribution in [0.3, 0.4) is 0 Å². The third-order valence-electron chi connectivity index (χ3n) is 5.47. The van der Waals surface area contributed by atoms with Crippen LogP contribution in [0, 0.1) is 5.92 Å². The number of nitrogens with zero attached hydrogens (tertiary/aromatic N) is 4. The van der Waals surface area contributed by atoms with Crippen molar-refractivity contribution < 1.29 is 22.6 Å². The zero-order valence-electron chi connectivity index (χ0n) is 20.4. The normalized spacial score (nSPS) is 14.1. The van der Waals surface area contributed by atoms with Gasteiger partial charge in [0.05, 0.1) is 25.2 Å². The van der Waals surface area contributed by atoms with Gasteiger partial charge in [-0.3, -0.25) is 0 Å². The number of rotatable bonds is 9. The SMILES string of the molecule is COc1ccccc1Oc1c(Cl)nc(N2CCOCC2)nc1N(CC(C)C)S(=O)(=O)c1ccccc1. The maximum atomic E-state index is 13.9. The van der Waals surface area contributed by atoms with E-state index in [-0.39, 0.29) is 34.1 Å². The lowest BCUT2D eigenvalue weighted by Crippen LogP contribution is -2.39. The molecule has 0 spiro atoms. The third kappa shape index (κ3) is 5.66. The molecule has 0 bridgehead atoms. The molecule has 9 nitrogen and oxygen atoms in total. The van der Waals surface area contributed by atoms with Crippen molar-refractivity contribution in [1.29, 1.82) is 0 Å². The largest absolute Gasteiger partial charge is 0.493 e. The van der Waals surface area contributed by atoms with Crippen molar-refractivity contribution in [3.05, 3.63) is 59.8 Å². The third-order valence-corrected chi connectivity index (χ3v) is 7.49. The average molecular weight is 533 g/mol. The molecule has 2 heterocycles. The van der Waals surface area contributed by atoms with Gasteiger partial charge in [0.25, 0.3) is 10.0 Å². The van der Waals surface area contributed by atoms with Crippen LogP contribution in [-0.4, -0.2) is 58.3 Å². The van der Waals surface area contributed by atoms with Gasteiger partial charge in [-0.15, -0.1) is 0 Å². The summed E-state index contributed by atoms with van der Waals surface area (Å²) in [5, 5.41) is -0.00980. The highest BCUT2D eigenvalue weighted by molar-refractivity contribution is 7.92. The van der Waals surface area contributed by atoms with Gasteiger partial charge in [-0.25, -0.2) is 12.7 Å². The highest BCUT2D eigenvalue weighted by Gasteiger charge is 2.33. The summed E-state index contributed by atoms with van der Waals surface area (Å²) < 4.78 is 46.1. The Morgan fingerprint density at radius 1 is 1.03 bits per heavy atom. The lowest BCUT2D eigenvalue weighted by Gasteiger charge is -2.30. The molecule has 1 aliphatic rings. The molecule has 0 aliphatic carbocycles. The molecule has 0 amide bonds. The molecule has 0 saturated carbocycles. The van der Waals surface area contributed by atoms with Crippen LogP contribution in [0.15, 0.2) is 59.5 Å². The summed E-state index contributed by atoms with van der Waals surface area (Å²) >= 11 is 6.68. The van der Waals surface area contributed by atoms with Gasteiger partial charge in [0.15, 0.2) is 22.5 Å². The minimum absolute atomic E-state index is 0.00980. The molecular formula is C25H29ClN4O5S. The van der Waals surface area contributed by atoms with Crippen LogP contribution < -0.4 is 18.7 Å². The molecule has 1 fully saturated rings. The molecule has 0 radical (unpaired) electrons. The van der Waals surface area contributed by atoms with Gasteiger partial charge in [-0.2, -0.15) is 9.97 Å². The predicted octanol–water partition coefficient (Wildman–Crippen LogP) is 4.62. The zero-order valence-corrected chi connectivity index (χ0v) is 22.0. The smallest absolute Gasteiger partial charge is 0.265 e. The summed E-state index contributed by atoms with van der Waals surface area (Å²) in [6.45, 7) is 6.13. The Balaban J connectivity index is 1.91. The minimum atomic E-state index is -4.01. The molecule has 4 rings (SSSR count). The molecular weight excluding hydrogens is 504 g/mol. The van der Waals surface area contributed by atoms with Crippen LogP contribution in [0.2, 0.25) is 5.15 Å². The number of methoxy groups -OCH3 is 1. The maximum absolute atomic E-state index is 13.9. The number of aromatic nitrogens is 2.